The fourth-order valence-corrected chi connectivity index (χ4v) is 3.94. The number of anilines is 3. The zero-order valence-electron chi connectivity index (χ0n) is 17.6. The van der Waals surface area contributed by atoms with Crippen molar-refractivity contribution < 1.29 is 17.9 Å². The van der Waals surface area contributed by atoms with E-state index in [1.807, 2.05) is 13.8 Å². The van der Waals surface area contributed by atoms with Crippen LogP contribution >= 0.6 is 11.8 Å². The molecule has 3 aromatic rings. The number of fused-ring (bicyclic) bond motifs is 1. The molecule has 0 aliphatic heterocycles. The predicted octanol–water partition coefficient (Wildman–Crippen LogP) is 0.770. The number of sulfonamides is 1. The van der Waals surface area contributed by atoms with Crippen LogP contribution in [0.2, 0.25) is 0 Å². The molecule has 0 saturated carbocycles. The van der Waals surface area contributed by atoms with Crippen LogP contribution in [0.15, 0.2) is 28.3 Å². The van der Waals surface area contributed by atoms with E-state index in [2.05, 4.69) is 36.1 Å². The third kappa shape index (κ3) is 5.35. The van der Waals surface area contributed by atoms with Gasteiger partial charge in [-0.25, -0.2) is 18.0 Å². The monoisotopic (exact) mass is 481 g/mol. The third-order valence-electron chi connectivity index (χ3n) is 4.02. The maximum Gasteiger partial charge on any atom is 0.261 e. The number of ether oxygens (including phenoxy) is 1. The number of nitrogens with one attached hydrogen (secondary N) is 3. The number of thioether (sulfide) groups is 1. The van der Waals surface area contributed by atoms with E-state index in [4.69, 9.17) is 9.88 Å². The molecule has 0 fully saturated rings. The van der Waals surface area contributed by atoms with E-state index in [0.29, 0.717) is 41.7 Å². The summed E-state index contributed by atoms with van der Waals surface area (Å²) in [5.41, 5.74) is 0.183. The lowest BCUT2D eigenvalue weighted by atomic mass is 10.3. The summed E-state index contributed by atoms with van der Waals surface area (Å²) in [6, 6.07) is 3.95. The molecule has 2 heterocycles. The molecule has 0 aliphatic rings. The molecule has 0 unspecified atom stereocenters. The van der Waals surface area contributed by atoms with Crippen molar-refractivity contribution in [1.82, 2.24) is 24.6 Å². The summed E-state index contributed by atoms with van der Waals surface area (Å²) in [4.78, 5) is 21.1. The van der Waals surface area contributed by atoms with Crippen LogP contribution in [0, 0.1) is 0 Å². The van der Waals surface area contributed by atoms with Gasteiger partial charge in [0.2, 0.25) is 27.8 Å². The average Bonchev–Trinajstić information content (AvgIpc) is 3.15. The number of hydrogen-bond donors (Lipinski definition) is 4. The van der Waals surface area contributed by atoms with Crippen molar-refractivity contribution in [3.8, 4) is 5.75 Å². The highest BCUT2D eigenvalue weighted by atomic mass is 32.2. The van der Waals surface area contributed by atoms with Crippen LogP contribution in [0.1, 0.15) is 13.8 Å². The van der Waals surface area contributed by atoms with Crippen molar-refractivity contribution in [2.45, 2.75) is 23.9 Å². The first kappa shape index (κ1) is 23.5. The summed E-state index contributed by atoms with van der Waals surface area (Å²) in [6.07, 6.45) is 0. The standard InChI is InChI=1S/C17H23N9O4S2/c1-4-19-14-22-15(20-5-2)26-16(23-14)24-25-17(26)31-9-13(27)21-11-8-10(32(18,28)29)6-7-12(11)30-3/h6-8H,4-5,9H2,1-3H3,(H,21,27)(H2,18,28,29)(H2,19,20,22,23,24). The topological polar surface area (TPSA) is 179 Å². The van der Waals surface area contributed by atoms with Crippen LogP contribution in [-0.2, 0) is 14.8 Å². The van der Waals surface area contributed by atoms with E-state index in [0.717, 1.165) is 11.8 Å². The first-order valence-corrected chi connectivity index (χ1v) is 12.0. The zero-order valence-corrected chi connectivity index (χ0v) is 19.2. The van der Waals surface area contributed by atoms with Crippen molar-refractivity contribution in [1.29, 1.82) is 0 Å². The summed E-state index contributed by atoms with van der Waals surface area (Å²) in [5, 5.41) is 22.5. The third-order valence-corrected chi connectivity index (χ3v) is 5.86. The molecule has 0 saturated heterocycles. The second-order valence-corrected chi connectivity index (χ2v) is 8.80. The number of nitrogens with zero attached hydrogens (tertiary/aromatic N) is 5. The van der Waals surface area contributed by atoms with E-state index in [1.165, 1.54) is 25.3 Å². The Bertz CT molecular complexity index is 1230. The molecule has 5 N–H and O–H groups in total. The lowest BCUT2D eigenvalue weighted by Gasteiger charge is -2.12. The van der Waals surface area contributed by atoms with Gasteiger partial charge >= 0.3 is 0 Å². The van der Waals surface area contributed by atoms with E-state index < -0.39 is 15.9 Å². The number of nitrogens with two attached hydrogens (primary N) is 1. The Balaban J connectivity index is 1.79. The maximum absolute atomic E-state index is 12.5. The molecule has 15 heteroatoms. The Morgan fingerprint density at radius 3 is 2.59 bits per heavy atom. The fraction of sp³-hybridized carbons (Fsp3) is 0.353. The molecule has 0 aliphatic carbocycles. The molecule has 3 rings (SSSR count). The molecule has 172 valence electrons. The van der Waals surface area contributed by atoms with E-state index in [9.17, 15) is 13.2 Å². The summed E-state index contributed by atoms with van der Waals surface area (Å²) in [5.74, 6) is 1.08. The minimum Gasteiger partial charge on any atom is -0.495 e. The molecular formula is C17H23N9O4S2. The molecular weight excluding hydrogens is 458 g/mol. The van der Waals surface area contributed by atoms with Gasteiger partial charge in [-0.15, -0.1) is 10.2 Å². The molecule has 1 amide bonds. The normalized spacial score (nSPS) is 11.4. The maximum atomic E-state index is 12.5. The van der Waals surface area contributed by atoms with Crippen molar-refractivity contribution in [2.24, 2.45) is 5.14 Å². The largest absolute Gasteiger partial charge is 0.495 e. The lowest BCUT2D eigenvalue weighted by Crippen LogP contribution is -2.17. The number of hydrogen-bond acceptors (Lipinski definition) is 11. The Hall–Kier alpha value is -3.17. The molecule has 0 spiro atoms. The number of methoxy groups -OCH3 is 1. The summed E-state index contributed by atoms with van der Waals surface area (Å²) in [7, 11) is -2.53. The summed E-state index contributed by atoms with van der Waals surface area (Å²) < 4.78 is 30.0. The van der Waals surface area contributed by atoms with E-state index in [1.54, 1.807) is 4.40 Å². The first-order valence-electron chi connectivity index (χ1n) is 9.51. The van der Waals surface area contributed by atoms with Crippen molar-refractivity contribution >= 4 is 51.1 Å². The minimum atomic E-state index is -3.94. The van der Waals surface area contributed by atoms with Gasteiger partial charge in [0.25, 0.3) is 5.78 Å². The van der Waals surface area contributed by atoms with Crippen LogP contribution in [0.4, 0.5) is 17.6 Å². The number of primary sulfonamides is 1. The number of amides is 1. The molecule has 0 radical (unpaired) electrons. The molecule has 13 nitrogen and oxygen atoms in total. The fourth-order valence-electron chi connectivity index (χ4n) is 2.68. The van der Waals surface area contributed by atoms with Gasteiger partial charge in [0.15, 0.2) is 5.16 Å². The first-order chi connectivity index (χ1) is 15.3. The molecule has 0 atom stereocenters. The Labute approximate surface area is 188 Å². The van der Waals surface area contributed by atoms with E-state index in [-0.39, 0.29) is 16.3 Å². The van der Waals surface area contributed by atoms with Crippen LogP contribution in [0.5, 0.6) is 5.75 Å². The van der Waals surface area contributed by atoms with E-state index >= 15 is 0 Å². The highest BCUT2D eigenvalue weighted by Gasteiger charge is 2.17. The summed E-state index contributed by atoms with van der Waals surface area (Å²) >= 11 is 1.12. The van der Waals surface area contributed by atoms with Crippen LogP contribution in [-0.4, -0.2) is 64.8 Å². The molecule has 1 aromatic carbocycles. The second-order valence-electron chi connectivity index (χ2n) is 6.29. The van der Waals surface area contributed by atoms with Gasteiger partial charge in [-0.2, -0.15) is 9.97 Å². The minimum absolute atomic E-state index is 0.0376. The smallest absolute Gasteiger partial charge is 0.261 e. The number of rotatable bonds is 10. The van der Waals surface area contributed by atoms with Crippen molar-refractivity contribution in [3.05, 3.63) is 18.2 Å². The van der Waals surface area contributed by atoms with Crippen LogP contribution < -0.4 is 25.8 Å². The van der Waals surface area contributed by atoms with Gasteiger partial charge in [0, 0.05) is 13.1 Å². The van der Waals surface area contributed by atoms with Gasteiger partial charge in [-0.1, -0.05) is 11.8 Å². The predicted molar refractivity (Wildman–Crippen MR) is 121 cm³/mol. The lowest BCUT2D eigenvalue weighted by molar-refractivity contribution is -0.113. The Morgan fingerprint density at radius 1 is 1.19 bits per heavy atom. The molecule has 0 bridgehead atoms. The number of carbonyl (C=O) groups is 1. The molecule has 2 aromatic heterocycles. The molecule has 32 heavy (non-hydrogen) atoms. The number of benzene rings is 1. The number of aromatic nitrogens is 5. The van der Waals surface area contributed by atoms with Gasteiger partial charge in [-0.3, -0.25) is 4.79 Å². The van der Waals surface area contributed by atoms with Gasteiger partial charge < -0.3 is 20.7 Å². The SMILES string of the molecule is CCNc1nc(NCC)n2c(SCC(=O)Nc3cc(S(N)(=O)=O)ccc3OC)nnc2n1. The van der Waals surface area contributed by atoms with Gasteiger partial charge in [0.1, 0.15) is 5.75 Å². The summed E-state index contributed by atoms with van der Waals surface area (Å²) in [6.45, 7) is 5.11. The quantitative estimate of drug-likeness (QED) is 0.300. The van der Waals surface area contributed by atoms with Crippen LogP contribution in [0.25, 0.3) is 5.78 Å². The van der Waals surface area contributed by atoms with Gasteiger partial charge in [0.05, 0.1) is 23.4 Å². The average molecular weight is 482 g/mol. The highest BCUT2D eigenvalue weighted by Crippen LogP contribution is 2.28. The Morgan fingerprint density at radius 2 is 1.94 bits per heavy atom. The van der Waals surface area contributed by atoms with Crippen molar-refractivity contribution in [3.63, 3.8) is 0 Å². The second kappa shape index (κ2) is 9.97. The van der Waals surface area contributed by atoms with Crippen LogP contribution in [0.3, 0.4) is 0 Å². The highest BCUT2D eigenvalue weighted by molar-refractivity contribution is 7.99. The van der Waals surface area contributed by atoms with Crippen molar-refractivity contribution in [2.75, 3.05) is 41.9 Å². The zero-order chi connectivity index (χ0) is 23.3. The number of carbonyl (C=O) groups excluding carboxylic acids is 1. The van der Waals surface area contributed by atoms with Gasteiger partial charge in [-0.05, 0) is 32.0 Å². The Kier molecular flexibility index (Phi) is 7.32.